The predicted molar refractivity (Wildman–Crippen MR) is 103 cm³/mol. The van der Waals surface area contributed by atoms with Gasteiger partial charge in [0.2, 0.25) is 0 Å². The van der Waals surface area contributed by atoms with Crippen LogP contribution in [0.4, 0.5) is 4.39 Å². The van der Waals surface area contributed by atoms with Gasteiger partial charge in [0.25, 0.3) is 0 Å². The van der Waals surface area contributed by atoms with Crippen LogP contribution in [0.25, 0.3) is 0 Å². The molecule has 2 saturated heterocycles. The molecule has 0 saturated carbocycles. The normalized spacial score (nSPS) is 27.0. The molecule has 5 heteroatoms. The van der Waals surface area contributed by atoms with Gasteiger partial charge in [-0.1, -0.05) is 48.5 Å². The molecule has 146 valence electrons. The summed E-state index contributed by atoms with van der Waals surface area (Å²) < 4.78 is 19.5. The fourth-order valence-electron chi connectivity index (χ4n) is 4.96. The molecule has 4 nitrogen and oxygen atoms in total. The van der Waals surface area contributed by atoms with E-state index in [1.807, 2.05) is 30.3 Å². The van der Waals surface area contributed by atoms with Crippen LogP contribution in [-0.2, 0) is 27.3 Å². The molecule has 0 aromatic heterocycles. The Kier molecular flexibility index (Phi) is 5.02. The molecule has 2 bridgehead atoms. The summed E-state index contributed by atoms with van der Waals surface area (Å²) >= 11 is 0. The summed E-state index contributed by atoms with van der Waals surface area (Å²) in [5.74, 6) is -1.07. The van der Waals surface area contributed by atoms with Crippen LogP contribution in [0.1, 0.15) is 30.4 Å². The van der Waals surface area contributed by atoms with E-state index in [4.69, 9.17) is 4.74 Å². The minimum absolute atomic E-state index is 0.0356. The Labute approximate surface area is 164 Å². The van der Waals surface area contributed by atoms with Crippen LogP contribution in [0, 0.1) is 11.2 Å². The van der Waals surface area contributed by atoms with Gasteiger partial charge in [0.15, 0.2) is 5.78 Å². The summed E-state index contributed by atoms with van der Waals surface area (Å²) in [5.41, 5.74) is 0.156. The van der Waals surface area contributed by atoms with E-state index >= 15 is 0 Å². The summed E-state index contributed by atoms with van der Waals surface area (Å²) in [7, 11) is 1.31. The van der Waals surface area contributed by atoms with Crippen LogP contribution < -0.4 is 0 Å². The van der Waals surface area contributed by atoms with Crippen molar-refractivity contribution in [2.75, 3.05) is 7.11 Å². The molecule has 2 aromatic carbocycles. The lowest BCUT2D eigenvalue weighted by atomic mass is 9.68. The standard InChI is InChI=1S/C23H24FNO3/c1-28-22(27)23(14-17-9-5-6-10-19(17)24)20-12-11-18(13-21(23)26)25(20)15-16-7-3-2-4-8-16/h2-10,18,20H,11-15H2,1H3. The third kappa shape index (κ3) is 3.04. The molecule has 0 radical (unpaired) electrons. The summed E-state index contributed by atoms with van der Waals surface area (Å²) in [6.45, 7) is 0.666. The van der Waals surface area contributed by atoms with Crippen LogP contribution >= 0.6 is 0 Å². The van der Waals surface area contributed by atoms with Crippen LogP contribution in [-0.4, -0.2) is 35.8 Å². The van der Waals surface area contributed by atoms with E-state index in [1.54, 1.807) is 18.2 Å². The lowest BCUT2D eigenvalue weighted by Gasteiger charge is -2.45. The first-order valence-corrected chi connectivity index (χ1v) is 9.71. The topological polar surface area (TPSA) is 46.6 Å². The average Bonchev–Trinajstić information content (AvgIpc) is 3.02. The SMILES string of the molecule is COC(=O)C1(Cc2ccccc2F)C(=O)CC2CCC1N2Cc1ccccc1. The minimum Gasteiger partial charge on any atom is -0.468 e. The highest BCUT2D eigenvalue weighted by atomic mass is 19.1. The van der Waals surface area contributed by atoms with Crippen LogP contribution in [0.5, 0.6) is 0 Å². The van der Waals surface area contributed by atoms with E-state index in [1.165, 1.54) is 13.2 Å². The lowest BCUT2D eigenvalue weighted by molar-refractivity contribution is -0.167. The van der Waals surface area contributed by atoms with Gasteiger partial charge in [0.1, 0.15) is 11.2 Å². The molecule has 4 rings (SSSR count). The zero-order chi connectivity index (χ0) is 19.7. The third-order valence-electron chi connectivity index (χ3n) is 6.31. The Balaban J connectivity index is 1.74. The van der Waals surface area contributed by atoms with Gasteiger partial charge in [0.05, 0.1) is 7.11 Å². The summed E-state index contributed by atoms with van der Waals surface area (Å²) in [4.78, 5) is 28.5. The highest BCUT2D eigenvalue weighted by Crippen LogP contribution is 2.48. The molecule has 0 aliphatic carbocycles. The number of fused-ring (bicyclic) bond motifs is 2. The van der Waals surface area contributed by atoms with E-state index in [-0.39, 0.29) is 24.3 Å². The van der Waals surface area contributed by atoms with Crippen LogP contribution in [0.3, 0.4) is 0 Å². The van der Waals surface area contributed by atoms with Crippen molar-refractivity contribution in [1.29, 1.82) is 0 Å². The minimum atomic E-state index is -1.36. The van der Waals surface area contributed by atoms with E-state index in [0.717, 1.165) is 18.4 Å². The van der Waals surface area contributed by atoms with Gasteiger partial charge in [-0.3, -0.25) is 14.5 Å². The number of hydrogen-bond donors (Lipinski definition) is 0. The number of Topliss-reactive ketones (excluding diaryl/α,β-unsaturated/α-hetero) is 1. The van der Waals surface area contributed by atoms with Gasteiger partial charge in [-0.15, -0.1) is 0 Å². The molecule has 0 N–H and O–H groups in total. The number of carbonyl (C=O) groups is 2. The fourth-order valence-corrected chi connectivity index (χ4v) is 4.96. The number of ketones is 1. The molecule has 3 unspecified atom stereocenters. The molecule has 3 atom stereocenters. The zero-order valence-corrected chi connectivity index (χ0v) is 15.9. The molecular formula is C23H24FNO3. The molecular weight excluding hydrogens is 357 g/mol. The van der Waals surface area contributed by atoms with Gasteiger partial charge in [-0.25, -0.2) is 4.39 Å². The van der Waals surface area contributed by atoms with Crippen molar-refractivity contribution >= 4 is 11.8 Å². The maximum Gasteiger partial charge on any atom is 0.321 e. The van der Waals surface area contributed by atoms with Crippen molar-refractivity contribution in [3.63, 3.8) is 0 Å². The molecule has 2 aromatic rings. The van der Waals surface area contributed by atoms with E-state index in [2.05, 4.69) is 4.90 Å². The quantitative estimate of drug-likeness (QED) is 0.587. The predicted octanol–water partition coefficient (Wildman–Crippen LogP) is 3.53. The molecule has 2 fully saturated rings. The zero-order valence-electron chi connectivity index (χ0n) is 15.9. The first-order valence-electron chi connectivity index (χ1n) is 9.71. The molecule has 2 aliphatic heterocycles. The number of halogens is 1. The lowest BCUT2D eigenvalue weighted by Crippen LogP contribution is -2.61. The first kappa shape index (κ1) is 18.8. The second-order valence-electron chi connectivity index (χ2n) is 7.76. The van der Waals surface area contributed by atoms with Crippen LogP contribution in [0.2, 0.25) is 0 Å². The number of rotatable bonds is 5. The molecule has 28 heavy (non-hydrogen) atoms. The Hall–Kier alpha value is -2.53. The number of hydrogen-bond acceptors (Lipinski definition) is 4. The largest absolute Gasteiger partial charge is 0.468 e. The number of ether oxygens (including phenoxy) is 1. The van der Waals surface area contributed by atoms with Crippen molar-refractivity contribution in [3.8, 4) is 0 Å². The number of benzene rings is 2. The molecule has 0 spiro atoms. The number of piperidine rings is 1. The van der Waals surface area contributed by atoms with Gasteiger partial charge in [-0.2, -0.15) is 0 Å². The monoisotopic (exact) mass is 381 g/mol. The van der Waals surface area contributed by atoms with E-state index in [0.29, 0.717) is 18.5 Å². The summed E-state index contributed by atoms with van der Waals surface area (Å²) in [6, 6.07) is 16.2. The number of nitrogens with zero attached hydrogens (tertiary/aromatic N) is 1. The number of carbonyl (C=O) groups excluding carboxylic acids is 2. The van der Waals surface area contributed by atoms with E-state index in [9.17, 15) is 14.0 Å². The van der Waals surface area contributed by atoms with E-state index < -0.39 is 17.2 Å². The molecule has 2 heterocycles. The highest BCUT2D eigenvalue weighted by Gasteiger charge is 2.61. The average molecular weight is 381 g/mol. The van der Waals surface area contributed by atoms with Crippen molar-refractivity contribution in [3.05, 3.63) is 71.5 Å². The Bertz CT molecular complexity index is 884. The smallest absolute Gasteiger partial charge is 0.321 e. The number of methoxy groups -OCH3 is 1. The second-order valence-corrected chi connectivity index (χ2v) is 7.76. The first-order chi connectivity index (χ1) is 13.6. The van der Waals surface area contributed by atoms with Crippen molar-refractivity contribution in [2.45, 2.75) is 44.3 Å². The summed E-state index contributed by atoms with van der Waals surface area (Å²) in [6.07, 6.45) is 1.92. The van der Waals surface area contributed by atoms with Gasteiger partial charge in [-0.05, 0) is 36.5 Å². The molecule has 2 aliphatic rings. The van der Waals surface area contributed by atoms with Gasteiger partial charge in [0, 0.05) is 25.0 Å². The van der Waals surface area contributed by atoms with Gasteiger partial charge >= 0.3 is 5.97 Å². The van der Waals surface area contributed by atoms with Gasteiger partial charge < -0.3 is 4.74 Å². The Morgan fingerprint density at radius 2 is 1.86 bits per heavy atom. The van der Waals surface area contributed by atoms with Crippen LogP contribution in [0.15, 0.2) is 54.6 Å². The second kappa shape index (κ2) is 7.47. The third-order valence-corrected chi connectivity index (χ3v) is 6.31. The Morgan fingerprint density at radius 3 is 2.57 bits per heavy atom. The van der Waals surface area contributed by atoms with Crippen molar-refractivity contribution in [1.82, 2.24) is 4.90 Å². The maximum absolute atomic E-state index is 14.4. The van der Waals surface area contributed by atoms with Crippen molar-refractivity contribution < 1.29 is 18.7 Å². The molecule has 0 amide bonds. The highest BCUT2D eigenvalue weighted by molar-refractivity contribution is 6.06. The summed E-state index contributed by atoms with van der Waals surface area (Å²) in [5, 5.41) is 0. The van der Waals surface area contributed by atoms with Crippen molar-refractivity contribution in [2.24, 2.45) is 5.41 Å². The maximum atomic E-state index is 14.4. The fraction of sp³-hybridized carbons (Fsp3) is 0.391. The number of esters is 1. The Morgan fingerprint density at radius 1 is 1.14 bits per heavy atom.